The Hall–Kier alpha value is -2.45. The van der Waals surface area contributed by atoms with Gasteiger partial charge in [0.05, 0.1) is 12.2 Å². The van der Waals surface area contributed by atoms with Crippen LogP contribution in [0.25, 0.3) is 11.3 Å². The van der Waals surface area contributed by atoms with Gasteiger partial charge in [-0.3, -0.25) is 0 Å². The molecule has 0 unspecified atom stereocenters. The fourth-order valence-electron chi connectivity index (χ4n) is 1.80. The summed E-state index contributed by atoms with van der Waals surface area (Å²) in [4.78, 5) is 11.8. The van der Waals surface area contributed by atoms with Crippen LogP contribution in [0.5, 0.6) is 0 Å². The molecule has 2 aromatic rings. The summed E-state index contributed by atoms with van der Waals surface area (Å²) >= 11 is 0. The summed E-state index contributed by atoms with van der Waals surface area (Å²) in [6.07, 6.45) is 0. The van der Waals surface area contributed by atoms with Crippen LogP contribution in [-0.2, 0) is 4.74 Å². The maximum Gasteiger partial charge on any atom is 0.344 e. The number of ether oxygens (including phenoxy) is 1. The zero-order chi connectivity index (χ0) is 16.6. The van der Waals surface area contributed by atoms with Gasteiger partial charge in [-0.15, -0.1) is 0 Å². The quantitative estimate of drug-likeness (QED) is 0.376. The molecule has 9 heteroatoms. The summed E-state index contributed by atoms with van der Waals surface area (Å²) in [6.45, 7) is 2.63. The predicted molar refractivity (Wildman–Crippen MR) is 62.4 cm³/mol. The van der Waals surface area contributed by atoms with Crippen molar-refractivity contribution in [1.82, 2.24) is 5.16 Å². The monoisotopic (exact) mass is 321 g/mol. The van der Waals surface area contributed by atoms with Crippen LogP contribution in [0, 0.1) is 36.0 Å². The molecule has 0 aliphatic heterocycles. The molecule has 0 aliphatic carbocycles. The molecule has 0 radical (unpaired) electrons. The fourth-order valence-corrected chi connectivity index (χ4v) is 1.80. The van der Waals surface area contributed by atoms with Crippen molar-refractivity contribution in [3.63, 3.8) is 0 Å². The van der Waals surface area contributed by atoms with Crippen LogP contribution in [-0.4, -0.2) is 17.7 Å². The Morgan fingerprint density at radius 1 is 1.05 bits per heavy atom. The van der Waals surface area contributed by atoms with Gasteiger partial charge in [-0.1, -0.05) is 5.16 Å². The number of benzene rings is 1. The van der Waals surface area contributed by atoms with Gasteiger partial charge in [0.1, 0.15) is 17.0 Å². The van der Waals surface area contributed by atoms with Gasteiger partial charge >= 0.3 is 5.97 Å². The van der Waals surface area contributed by atoms with Gasteiger partial charge in [0.2, 0.25) is 5.82 Å². The molecule has 0 bridgehead atoms. The van der Waals surface area contributed by atoms with E-state index in [0.29, 0.717) is 0 Å². The van der Waals surface area contributed by atoms with Crippen LogP contribution >= 0.6 is 0 Å². The Morgan fingerprint density at radius 3 is 2.05 bits per heavy atom. The number of esters is 1. The molecule has 0 N–H and O–H groups in total. The lowest BCUT2D eigenvalue weighted by Crippen LogP contribution is -2.10. The second-order valence-corrected chi connectivity index (χ2v) is 4.13. The summed E-state index contributed by atoms with van der Waals surface area (Å²) < 4.78 is 76.3. The molecule has 4 nitrogen and oxygen atoms in total. The minimum absolute atomic E-state index is 0.0694. The third kappa shape index (κ3) is 2.32. The lowest BCUT2D eigenvalue weighted by Gasteiger charge is -2.07. The summed E-state index contributed by atoms with van der Waals surface area (Å²) in [5.74, 6) is -12.1. The number of halogens is 5. The zero-order valence-electron chi connectivity index (χ0n) is 11.3. The van der Waals surface area contributed by atoms with E-state index >= 15 is 0 Å². The van der Waals surface area contributed by atoms with E-state index in [1.54, 1.807) is 0 Å². The minimum Gasteiger partial charge on any atom is -0.462 e. The number of rotatable bonds is 3. The molecule has 2 rings (SSSR count). The Balaban J connectivity index is 2.77. The molecule has 0 spiro atoms. The second-order valence-electron chi connectivity index (χ2n) is 4.13. The highest BCUT2D eigenvalue weighted by atomic mass is 19.2. The lowest BCUT2D eigenvalue weighted by molar-refractivity contribution is 0.0525. The maximum atomic E-state index is 13.8. The summed E-state index contributed by atoms with van der Waals surface area (Å²) in [7, 11) is 0. The highest BCUT2D eigenvalue weighted by molar-refractivity contribution is 5.97. The average Bonchev–Trinajstić information content (AvgIpc) is 2.85. The number of carbonyl (C=O) groups excluding carboxylic acids is 1. The first-order valence-electron chi connectivity index (χ1n) is 5.96. The van der Waals surface area contributed by atoms with Crippen LogP contribution < -0.4 is 0 Å². The molecule has 22 heavy (non-hydrogen) atoms. The first kappa shape index (κ1) is 15.9. The van der Waals surface area contributed by atoms with E-state index in [-0.39, 0.29) is 12.4 Å². The van der Waals surface area contributed by atoms with Gasteiger partial charge in [-0.05, 0) is 13.8 Å². The summed E-state index contributed by atoms with van der Waals surface area (Å²) in [5.41, 5.74) is -2.68. The number of aromatic nitrogens is 1. The average molecular weight is 321 g/mol. The van der Waals surface area contributed by atoms with Crippen LogP contribution in [0.3, 0.4) is 0 Å². The van der Waals surface area contributed by atoms with Crippen molar-refractivity contribution in [3.8, 4) is 11.3 Å². The van der Waals surface area contributed by atoms with Crippen LogP contribution in [0.2, 0.25) is 0 Å². The maximum absolute atomic E-state index is 13.8. The van der Waals surface area contributed by atoms with E-state index in [1.807, 2.05) is 0 Å². The highest BCUT2D eigenvalue weighted by Gasteiger charge is 2.32. The van der Waals surface area contributed by atoms with Gasteiger partial charge in [0, 0.05) is 0 Å². The molecule has 0 saturated carbocycles. The van der Waals surface area contributed by atoms with Gasteiger partial charge in [0.25, 0.3) is 0 Å². The van der Waals surface area contributed by atoms with E-state index in [1.165, 1.54) is 13.8 Å². The molecule has 1 aromatic carbocycles. The fraction of sp³-hybridized carbons (Fsp3) is 0.231. The Morgan fingerprint density at radius 2 is 1.55 bits per heavy atom. The van der Waals surface area contributed by atoms with E-state index < -0.39 is 51.9 Å². The summed E-state index contributed by atoms with van der Waals surface area (Å²) in [6, 6.07) is 0. The summed E-state index contributed by atoms with van der Waals surface area (Å²) in [5, 5.41) is 3.21. The number of hydrogen-bond acceptors (Lipinski definition) is 4. The van der Waals surface area contributed by atoms with Crippen molar-refractivity contribution in [2.24, 2.45) is 0 Å². The van der Waals surface area contributed by atoms with Crippen LogP contribution in [0.1, 0.15) is 23.0 Å². The number of aryl methyl sites for hydroxylation is 1. The number of hydrogen-bond donors (Lipinski definition) is 0. The van der Waals surface area contributed by atoms with Crippen molar-refractivity contribution in [2.75, 3.05) is 6.61 Å². The van der Waals surface area contributed by atoms with E-state index in [9.17, 15) is 26.7 Å². The normalized spacial score (nSPS) is 10.9. The first-order chi connectivity index (χ1) is 10.3. The minimum atomic E-state index is -2.31. The molecular formula is C13H8F5NO3. The zero-order valence-corrected chi connectivity index (χ0v) is 11.3. The van der Waals surface area contributed by atoms with Crippen molar-refractivity contribution >= 4 is 5.97 Å². The van der Waals surface area contributed by atoms with Gasteiger partial charge in [0.15, 0.2) is 23.3 Å². The standard InChI is InChI=1S/C13H8F5NO3/c1-3-21-13(20)5-4(2)22-19-12(5)6-7(14)9(16)11(18)10(17)8(6)15/h3H2,1-2H3. The molecule has 118 valence electrons. The smallest absolute Gasteiger partial charge is 0.344 e. The molecular weight excluding hydrogens is 313 g/mol. The van der Waals surface area contributed by atoms with Crippen molar-refractivity contribution in [2.45, 2.75) is 13.8 Å². The molecule has 1 aromatic heterocycles. The van der Waals surface area contributed by atoms with E-state index in [2.05, 4.69) is 14.4 Å². The van der Waals surface area contributed by atoms with Gasteiger partial charge in [-0.25, -0.2) is 26.7 Å². The second kappa shape index (κ2) is 5.74. The molecule has 0 atom stereocenters. The van der Waals surface area contributed by atoms with Gasteiger partial charge < -0.3 is 9.26 Å². The van der Waals surface area contributed by atoms with E-state index in [0.717, 1.165) is 0 Å². The molecule has 0 fully saturated rings. The van der Waals surface area contributed by atoms with Crippen molar-refractivity contribution in [1.29, 1.82) is 0 Å². The predicted octanol–water partition coefficient (Wildman–Crippen LogP) is 3.52. The molecule has 0 amide bonds. The van der Waals surface area contributed by atoms with Crippen molar-refractivity contribution in [3.05, 3.63) is 40.4 Å². The topological polar surface area (TPSA) is 52.3 Å². The highest BCUT2D eigenvalue weighted by Crippen LogP contribution is 2.34. The largest absolute Gasteiger partial charge is 0.462 e. The van der Waals surface area contributed by atoms with Crippen molar-refractivity contribution < 1.29 is 36.0 Å². The Kier molecular flexibility index (Phi) is 4.16. The number of nitrogens with zero attached hydrogens (tertiary/aromatic N) is 1. The third-order valence-corrected chi connectivity index (χ3v) is 2.79. The van der Waals surface area contributed by atoms with Crippen LogP contribution in [0.4, 0.5) is 22.0 Å². The molecule has 0 aliphatic rings. The third-order valence-electron chi connectivity index (χ3n) is 2.79. The SMILES string of the molecule is CCOC(=O)c1c(-c2c(F)c(F)c(F)c(F)c2F)noc1C. The Labute approximate surface area is 120 Å². The molecule has 1 heterocycles. The number of carbonyl (C=O) groups is 1. The Bertz CT molecular complexity index is 728. The van der Waals surface area contributed by atoms with Gasteiger partial charge in [-0.2, -0.15) is 0 Å². The van der Waals surface area contributed by atoms with E-state index in [4.69, 9.17) is 0 Å². The molecule has 0 saturated heterocycles. The lowest BCUT2D eigenvalue weighted by atomic mass is 10.0. The van der Waals surface area contributed by atoms with Crippen LogP contribution in [0.15, 0.2) is 4.52 Å². The first-order valence-corrected chi connectivity index (χ1v) is 5.96.